The molecule has 3 heteroatoms. The van der Waals surface area contributed by atoms with Gasteiger partial charge in [0.05, 0.1) is 11.5 Å². The van der Waals surface area contributed by atoms with Crippen LogP contribution in [0.25, 0.3) is 0 Å². The number of aliphatic carboxylic acids is 1. The van der Waals surface area contributed by atoms with Crippen LogP contribution in [0.2, 0.25) is 0 Å². The summed E-state index contributed by atoms with van der Waals surface area (Å²) < 4.78 is 0. The highest BCUT2D eigenvalue weighted by Gasteiger charge is 2.78. The van der Waals surface area contributed by atoms with Crippen LogP contribution >= 0.6 is 0 Å². The van der Waals surface area contributed by atoms with Gasteiger partial charge in [-0.25, -0.2) is 0 Å². The quantitative estimate of drug-likeness (QED) is 0.598. The Balaban J connectivity index is 2.01. The summed E-state index contributed by atoms with van der Waals surface area (Å²) in [5.74, 6) is 0.0265. The smallest absolute Gasteiger partial charge is 0.310 e. The van der Waals surface area contributed by atoms with Crippen LogP contribution < -0.4 is 0 Å². The van der Waals surface area contributed by atoms with E-state index in [1.54, 1.807) is 0 Å². The van der Waals surface area contributed by atoms with Crippen molar-refractivity contribution in [3.05, 3.63) is 0 Å². The molecule has 4 unspecified atom stereocenters. The highest BCUT2D eigenvalue weighted by atomic mass is 16.4. The van der Waals surface area contributed by atoms with Crippen molar-refractivity contribution in [2.75, 3.05) is 0 Å². The van der Waals surface area contributed by atoms with Gasteiger partial charge in [0.25, 0.3) is 0 Å². The van der Waals surface area contributed by atoms with Crippen LogP contribution in [0.15, 0.2) is 0 Å². The Morgan fingerprint density at radius 3 is 2.50 bits per heavy atom. The first kappa shape index (κ1) is 6.89. The molecule has 0 saturated heterocycles. The minimum Gasteiger partial charge on any atom is -0.481 e. The second kappa shape index (κ2) is 1.69. The molecule has 3 nitrogen and oxygen atoms in total. The molecule has 4 aliphatic carbocycles. The third-order valence-electron chi connectivity index (χ3n) is 4.28. The Hall–Kier alpha value is -0.570. The molecule has 5 atom stereocenters. The molecule has 4 bridgehead atoms. The maximum atomic E-state index is 11.0. The van der Waals surface area contributed by atoms with E-state index in [0.717, 1.165) is 19.3 Å². The molecule has 2 N–H and O–H groups in total. The predicted octanol–water partition coefficient (Wildman–Crippen LogP) is 0.478. The number of carboxylic acids is 1. The van der Waals surface area contributed by atoms with Crippen molar-refractivity contribution >= 4 is 5.97 Å². The van der Waals surface area contributed by atoms with E-state index in [0.29, 0.717) is 5.92 Å². The highest BCUT2D eigenvalue weighted by Crippen LogP contribution is 2.75. The fraction of sp³-hybridized carbons (Fsp3) is 0.889. The molecular weight excluding hydrogens is 156 g/mol. The summed E-state index contributed by atoms with van der Waals surface area (Å²) in [6.07, 6.45) is 2.49. The number of carboxylic acid groups (broad SMARTS) is 1. The van der Waals surface area contributed by atoms with Gasteiger partial charge >= 0.3 is 5.97 Å². The van der Waals surface area contributed by atoms with Crippen LogP contribution in [0.5, 0.6) is 0 Å². The van der Waals surface area contributed by atoms with E-state index in [4.69, 9.17) is 5.11 Å². The van der Waals surface area contributed by atoms with Gasteiger partial charge < -0.3 is 10.2 Å². The Labute approximate surface area is 70.4 Å². The average Bonchev–Trinajstić information content (AvgIpc) is 2.65. The standard InChI is InChI=1S/C9H12O3/c10-7-4-1-2-5-6(7)9(5,3-4)8(11)12/h4-7,10H,1-3H2,(H,11,12)/t4?,5?,6-,7?,9?/m0/s1. The second-order valence-electron chi connectivity index (χ2n) is 4.51. The van der Waals surface area contributed by atoms with Crippen molar-refractivity contribution < 1.29 is 15.0 Å². The highest BCUT2D eigenvalue weighted by molar-refractivity contribution is 5.81. The maximum absolute atomic E-state index is 11.0. The fourth-order valence-corrected chi connectivity index (χ4v) is 3.72. The first-order chi connectivity index (χ1) is 5.68. The lowest BCUT2D eigenvalue weighted by molar-refractivity contribution is -0.145. The molecule has 4 aliphatic rings. The molecule has 4 saturated carbocycles. The molecule has 66 valence electrons. The van der Waals surface area contributed by atoms with E-state index in [9.17, 15) is 9.90 Å². The summed E-state index contributed by atoms with van der Waals surface area (Å²) in [6, 6.07) is 0. The van der Waals surface area contributed by atoms with Gasteiger partial charge in [0, 0.05) is 5.92 Å². The van der Waals surface area contributed by atoms with Gasteiger partial charge in [0.1, 0.15) is 0 Å². The fourth-order valence-electron chi connectivity index (χ4n) is 3.72. The molecule has 0 heterocycles. The number of hydrogen-bond donors (Lipinski definition) is 2. The Morgan fingerprint density at radius 2 is 2.17 bits per heavy atom. The van der Waals surface area contributed by atoms with E-state index >= 15 is 0 Å². The monoisotopic (exact) mass is 168 g/mol. The van der Waals surface area contributed by atoms with Gasteiger partial charge in [0.2, 0.25) is 0 Å². The minimum absolute atomic E-state index is 0.105. The first-order valence-corrected chi connectivity index (χ1v) is 4.59. The number of rotatable bonds is 1. The summed E-state index contributed by atoms with van der Waals surface area (Å²) >= 11 is 0. The maximum Gasteiger partial charge on any atom is 0.310 e. The molecular formula is C9H12O3. The van der Waals surface area contributed by atoms with Crippen LogP contribution in [0, 0.1) is 23.2 Å². The molecule has 0 aliphatic heterocycles. The zero-order valence-electron chi connectivity index (χ0n) is 6.73. The van der Waals surface area contributed by atoms with Gasteiger partial charge in [-0.05, 0) is 31.1 Å². The van der Waals surface area contributed by atoms with Gasteiger partial charge in [-0.15, -0.1) is 0 Å². The zero-order chi connectivity index (χ0) is 8.51. The summed E-state index contributed by atoms with van der Waals surface area (Å²) in [4.78, 5) is 11.0. The molecule has 0 spiro atoms. The van der Waals surface area contributed by atoms with Crippen LogP contribution in [0.1, 0.15) is 19.3 Å². The van der Waals surface area contributed by atoms with E-state index < -0.39 is 11.4 Å². The van der Waals surface area contributed by atoms with E-state index in [-0.39, 0.29) is 17.9 Å². The number of carbonyl (C=O) groups is 1. The van der Waals surface area contributed by atoms with E-state index in [1.807, 2.05) is 0 Å². The summed E-state index contributed by atoms with van der Waals surface area (Å²) in [5.41, 5.74) is -0.484. The normalized spacial score (nSPS) is 60.1. The number of hydrogen-bond acceptors (Lipinski definition) is 2. The van der Waals surface area contributed by atoms with Crippen molar-refractivity contribution in [1.29, 1.82) is 0 Å². The Bertz CT molecular complexity index is 262. The van der Waals surface area contributed by atoms with E-state index in [1.165, 1.54) is 0 Å². The number of fused-ring (bicyclic) bond motifs is 1. The van der Waals surface area contributed by atoms with Crippen molar-refractivity contribution in [2.24, 2.45) is 23.2 Å². The van der Waals surface area contributed by atoms with Crippen molar-refractivity contribution in [1.82, 2.24) is 0 Å². The third-order valence-corrected chi connectivity index (χ3v) is 4.28. The van der Waals surface area contributed by atoms with Gasteiger partial charge in [-0.1, -0.05) is 0 Å². The lowest BCUT2D eigenvalue weighted by Gasteiger charge is -2.27. The summed E-state index contributed by atoms with van der Waals surface area (Å²) in [7, 11) is 0. The molecule has 0 aromatic heterocycles. The SMILES string of the molecule is O=C(O)C12CC3CCC1[C@H]2C3O. The van der Waals surface area contributed by atoms with Crippen LogP contribution in [0.3, 0.4) is 0 Å². The molecule has 0 aromatic carbocycles. The minimum atomic E-state index is -0.668. The van der Waals surface area contributed by atoms with Gasteiger partial charge in [-0.3, -0.25) is 4.79 Å². The molecule has 4 rings (SSSR count). The van der Waals surface area contributed by atoms with Crippen molar-refractivity contribution in [2.45, 2.75) is 25.4 Å². The molecule has 4 fully saturated rings. The summed E-state index contributed by atoms with van der Waals surface area (Å²) in [5, 5.41) is 18.7. The lowest BCUT2D eigenvalue weighted by atomic mass is 9.80. The summed E-state index contributed by atoms with van der Waals surface area (Å²) in [6.45, 7) is 0. The zero-order valence-corrected chi connectivity index (χ0v) is 6.73. The van der Waals surface area contributed by atoms with Crippen LogP contribution in [0.4, 0.5) is 0 Å². The van der Waals surface area contributed by atoms with Crippen molar-refractivity contribution in [3.63, 3.8) is 0 Å². The van der Waals surface area contributed by atoms with Gasteiger partial charge in [-0.2, -0.15) is 0 Å². The lowest BCUT2D eigenvalue weighted by Crippen LogP contribution is -2.27. The second-order valence-corrected chi connectivity index (χ2v) is 4.51. The first-order valence-electron chi connectivity index (χ1n) is 4.59. The Morgan fingerprint density at radius 1 is 1.42 bits per heavy atom. The predicted molar refractivity (Wildman–Crippen MR) is 40.4 cm³/mol. The molecule has 12 heavy (non-hydrogen) atoms. The number of aliphatic hydroxyl groups is 1. The average molecular weight is 168 g/mol. The Kier molecular flexibility index (Phi) is 0.971. The van der Waals surface area contributed by atoms with E-state index in [2.05, 4.69) is 0 Å². The molecule has 0 aromatic rings. The van der Waals surface area contributed by atoms with Crippen LogP contribution in [-0.4, -0.2) is 22.3 Å². The number of aliphatic hydroxyl groups excluding tert-OH is 1. The third kappa shape index (κ3) is 0.478. The molecule has 0 amide bonds. The van der Waals surface area contributed by atoms with Crippen molar-refractivity contribution in [3.8, 4) is 0 Å². The topological polar surface area (TPSA) is 57.5 Å². The van der Waals surface area contributed by atoms with Crippen LogP contribution in [-0.2, 0) is 4.79 Å². The largest absolute Gasteiger partial charge is 0.481 e. The van der Waals surface area contributed by atoms with Gasteiger partial charge in [0.15, 0.2) is 0 Å². The molecule has 0 radical (unpaired) electrons.